The van der Waals surface area contributed by atoms with Crippen LogP contribution in [0.2, 0.25) is 0 Å². The maximum Gasteiger partial charge on any atom is 0.410 e. The zero-order chi connectivity index (χ0) is 18.0. The van der Waals surface area contributed by atoms with Gasteiger partial charge in [0, 0.05) is 38.9 Å². The number of amides is 1. The Balaban J connectivity index is 1.52. The summed E-state index contributed by atoms with van der Waals surface area (Å²) < 4.78 is 7.35. The van der Waals surface area contributed by atoms with Gasteiger partial charge in [-0.25, -0.2) is 4.79 Å². The van der Waals surface area contributed by atoms with Gasteiger partial charge in [-0.15, -0.1) is 0 Å². The maximum absolute atomic E-state index is 12.3. The van der Waals surface area contributed by atoms with Crippen molar-refractivity contribution < 1.29 is 9.53 Å². The van der Waals surface area contributed by atoms with Gasteiger partial charge in [0.2, 0.25) is 0 Å². The second-order valence-corrected chi connectivity index (χ2v) is 8.16. The van der Waals surface area contributed by atoms with Gasteiger partial charge in [-0.3, -0.25) is 4.68 Å². The highest BCUT2D eigenvalue weighted by molar-refractivity contribution is 5.68. The Labute approximate surface area is 150 Å². The highest BCUT2D eigenvalue weighted by atomic mass is 16.6. The zero-order valence-corrected chi connectivity index (χ0v) is 15.8. The van der Waals surface area contributed by atoms with Crippen molar-refractivity contribution in [2.45, 2.75) is 58.2 Å². The van der Waals surface area contributed by atoms with Crippen LogP contribution in [0.3, 0.4) is 0 Å². The molecule has 2 unspecified atom stereocenters. The average molecular weight is 346 g/mol. The van der Waals surface area contributed by atoms with Crippen LogP contribution in [0.1, 0.15) is 45.7 Å². The van der Waals surface area contributed by atoms with Crippen LogP contribution < -0.4 is 5.32 Å². The van der Waals surface area contributed by atoms with Crippen LogP contribution in [0.5, 0.6) is 0 Å². The summed E-state index contributed by atoms with van der Waals surface area (Å²) in [5.41, 5.74) is 2.13. The predicted molar refractivity (Wildman–Crippen MR) is 97.1 cm³/mol. The molecule has 0 aromatic carbocycles. The molecule has 25 heavy (non-hydrogen) atoms. The fourth-order valence-corrected chi connectivity index (χ4v) is 3.61. The Bertz CT molecular complexity index is 644. The van der Waals surface area contributed by atoms with Gasteiger partial charge in [0.25, 0.3) is 0 Å². The van der Waals surface area contributed by atoms with Gasteiger partial charge >= 0.3 is 6.09 Å². The van der Waals surface area contributed by atoms with Crippen molar-refractivity contribution >= 4 is 6.09 Å². The minimum absolute atomic E-state index is 0.179. The first kappa shape index (κ1) is 18.0. The van der Waals surface area contributed by atoms with Crippen LogP contribution >= 0.6 is 0 Å². The molecule has 6 nitrogen and oxygen atoms in total. The number of carbonyl (C=O) groups excluding carboxylic acids is 1. The predicted octanol–water partition coefficient (Wildman–Crippen LogP) is 2.86. The van der Waals surface area contributed by atoms with E-state index in [1.807, 2.05) is 49.7 Å². The van der Waals surface area contributed by atoms with E-state index in [1.54, 1.807) is 0 Å². The highest BCUT2D eigenvalue weighted by Gasteiger charge is 2.32. The van der Waals surface area contributed by atoms with Crippen molar-refractivity contribution in [3.63, 3.8) is 0 Å². The molecule has 2 heterocycles. The average Bonchev–Trinajstić information content (AvgIpc) is 2.96. The van der Waals surface area contributed by atoms with Crippen LogP contribution in [0.15, 0.2) is 23.9 Å². The molecule has 1 aliphatic carbocycles. The molecule has 1 aliphatic heterocycles. The third-order valence-corrected chi connectivity index (χ3v) is 4.84. The molecule has 1 aromatic rings. The smallest absolute Gasteiger partial charge is 0.410 e. The number of aryl methyl sites for hydroxylation is 1. The zero-order valence-electron chi connectivity index (χ0n) is 15.8. The SMILES string of the molecule is Cn1ccc(CNC2C=C3CCN(C(=O)OC(C)(C)C)CC3CC2)n1. The summed E-state index contributed by atoms with van der Waals surface area (Å²) in [6, 6.07) is 2.45. The van der Waals surface area contributed by atoms with Gasteiger partial charge in [0.1, 0.15) is 5.60 Å². The second-order valence-electron chi connectivity index (χ2n) is 8.16. The minimum Gasteiger partial charge on any atom is -0.444 e. The second kappa shape index (κ2) is 7.20. The molecule has 1 aromatic heterocycles. The number of rotatable bonds is 3. The van der Waals surface area contributed by atoms with E-state index in [1.165, 1.54) is 5.57 Å². The number of hydrogen-bond donors (Lipinski definition) is 1. The normalized spacial score (nSPS) is 23.8. The third-order valence-electron chi connectivity index (χ3n) is 4.84. The first-order chi connectivity index (χ1) is 11.8. The molecule has 0 radical (unpaired) electrons. The van der Waals surface area contributed by atoms with Crippen LogP contribution in [0.4, 0.5) is 4.79 Å². The van der Waals surface area contributed by atoms with E-state index in [2.05, 4.69) is 16.5 Å². The number of likely N-dealkylation sites (tertiary alicyclic amines) is 1. The Morgan fingerprint density at radius 3 is 2.88 bits per heavy atom. The first-order valence-corrected chi connectivity index (χ1v) is 9.20. The van der Waals surface area contributed by atoms with Gasteiger partial charge in [0.05, 0.1) is 5.69 Å². The molecule has 2 aliphatic rings. The molecule has 138 valence electrons. The third kappa shape index (κ3) is 4.84. The van der Waals surface area contributed by atoms with Crippen molar-refractivity contribution in [1.82, 2.24) is 20.0 Å². The molecule has 2 atom stereocenters. The van der Waals surface area contributed by atoms with Crippen LogP contribution in [-0.4, -0.2) is 45.5 Å². The topological polar surface area (TPSA) is 59.4 Å². The van der Waals surface area contributed by atoms with Gasteiger partial charge in [-0.05, 0) is 52.0 Å². The summed E-state index contributed by atoms with van der Waals surface area (Å²) in [6.07, 6.45) is 7.34. The number of aromatic nitrogens is 2. The van der Waals surface area contributed by atoms with Crippen molar-refractivity contribution in [2.75, 3.05) is 13.1 Å². The molecular formula is C19H30N4O2. The Morgan fingerprint density at radius 2 is 2.20 bits per heavy atom. The Hall–Kier alpha value is -1.82. The molecule has 1 fully saturated rings. The van der Waals surface area contributed by atoms with E-state index in [-0.39, 0.29) is 6.09 Å². The molecule has 0 spiro atoms. The lowest BCUT2D eigenvalue weighted by Gasteiger charge is -2.39. The lowest BCUT2D eigenvalue weighted by molar-refractivity contribution is 0.0195. The quantitative estimate of drug-likeness (QED) is 0.855. The standard InChI is InChI=1S/C19H30N4O2/c1-19(2,3)25-18(24)23-10-7-14-11-16(6-5-15(14)13-23)20-12-17-8-9-22(4)21-17/h8-9,11,15-16,20H,5-7,10,12-13H2,1-4H3. The monoisotopic (exact) mass is 346 g/mol. The lowest BCUT2D eigenvalue weighted by atomic mass is 9.81. The molecule has 1 amide bonds. The van der Waals surface area contributed by atoms with Crippen molar-refractivity contribution in [3.8, 4) is 0 Å². The van der Waals surface area contributed by atoms with Gasteiger partial charge < -0.3 is 15.0 Å². The molecule has 3 rings (SSSR count). The Kier molecular flexibility index (Phi) is 5.18. The van der Waals surface area contributed by atoms with Crippen molar-refractivity contribution in [1.29, 1.82) is 0 Å². The first-order valence-electron chi connectivity index (χ1n) is 9.20. The largest absolute Gasteiger partial charge is 0.444 e. The summed E-state index contributed by atoms with van der Waals surface area (Å²) in [5.74, 6) is 0.481. The summed E-state index contributed by atoms with van der Waals surface area (Å²) in [4.78, 5) is 14.1. The van der Waals surface area contributed by atoms with Gasteiger partial charge in [0.15, 0.2) is 0 Å². The van der Waals surface area contributed by atoms with Crippen LogP contribution in [0.25, 0.3) is 0 Å². The van der Waals surface area contributed by atoms with Crippen molar-refractivity contribution in [2.24, 2.45) is 13.0 Å². The maximum atomic E-state index is 12.3. The molecular weight excluding hydrogens is 316 g/mol. The van der Waals surface area contributed by atoms with Crippen LogP contribution in [-0.2, 0) is 18.3 Å². The number of nitrogens with one attached hydrogen (secondary N) is 1. The fraction of sp³-hybridized carbons (Fsp3) is 0.684. The molecule has 0 bridgehead atoms. The number of fused-ring (bicyclic) bond motifs is 1. The van der Waals surface area contributed by atoms with E-state index in [0.29, 0.717) is 12.0 Å². The molecule has 0 saturated carbocycles. The van der Waals surface area contributed by atoms with E-state index >= 15 is 0 Å². The van der Waals surface area contributed by atoms with E-state index in [9.17, 15) is 4.79 Å². The summed E-state index contributed by atoms with van der Waals surface area (Å²) in [6.45, 7) is 8.08. The molecule has 6 heteroatoms. The van der Waals surface area contributed by atoms with Gasteiger partial charge in [-0.1, -0.05) is 11.6 Å². The highest BCUT2D eigenvalue weighted by Crippen LogP contribution is 2.32. The molecule has 1 saturated heterocycles. The fourth-order valence-electron chi connectivity index (χ4n) is 3.61. The number of ether oxygens (including phenoxy) is 1. The summed E-state index contributed by atoms with van der Waals surface area (Å²) >= 11 is 0. The number of nitrogens with zero attached hydrogens (tertiary/aromatic N) is 3. The van der Waals surface area contributed by atoms with Crippen molar-refractivity contribution in [3.05, 3.63) is 29.6 Å². The lowest BCUT2D eigenvalue weighted by Crippen LogP contribution is -2.45. The number of hydrogen-bond acceptors (Lipinski definition) is 4. The van der Waals surface area contributed by atoms with Crippen LogP contribution in [0, 0.1) is 5.92 Å². The molecule has 1 N–H and O–H groups in total. The van der Waals surface area contributed by atoms with E-state index in [0.717, 1.165) is 44.6 Å². The van der Waals surface area contributed by atoms with E-state index < -0.39 is 5.60 Å². The van der Waals surface area contributed by atoms with E-state index in [4.69, 9.17) is 4.74 Å². The number of piperidine rings is 1. The summed E-state index contributed by atoms with van der Waals surface area (Å²) in [7, 11) is 1.94. The number of carbonyl (C=O) groups is 1. The summed E-state index contributed by atoms with van der Waals surface area (Å²) in [5, 5.41) is 8.00. The van der Waals surface area contributed by atoms with Gasteiger partial charge in [-0.2, -0.15) is 5.10 Å². The Morgan fingerprint density at radius 1 is 1.40 bits per heavy atom. The minimum atomic E-state index is -0.430.